The second-order valence-corrected chi connectivity index (χ2v) is 6.36. The third-order valence-electron chi connectivity index (χ3n) is 4.55. The van der Waals surface area contributed by atoms with Gasteiger partial charge >= 0.3 is 5.97 Å². The maximum atomic E-state index is 12.9. The fraction of sp³-hybridized carbons (Fsp3) is 0.600. The maximum absolute atomic E-state index is 12.9. The Morgan fingerprint density at radius 1 is 1.50 bits per heavy atom. The number of nitrogens with zero attached hydrogens (tertiary/aromatic N) is 5. The Balaban J connectivity index is 2.02. The molecule has 0 radical (unpaired) electrons. The average molecular weight is 363 g/mol. The summed E-state index contributed by atoms with van der Waals surface area (Å²) in [5.41, 5.74) is 5.98. The molecule has 1 fully saturated rings. The molecule has 1 aliphatic rings. The summed E-state index contributed by atoms with van der Waals surface area (Å²) in [6, 6.07) is 0. The minimum Gasteiger partial charge on any atom is -0.481 e. The van der Waals surface area contributed by atoms with Crippen LogP contribution in [0.4, 0.5) is 0 Å². The zero-order valence-corrected chi connectivity index (χ0v) is 14.5. The Morgan fingerprint density at radius 2 is 2.23 bits per heavy atom. The number of hydrogen-bond acceptors (Lipinski definition) is 7. The van der Waals surface area contributed by atoms with Crippen molar-refractivity contribution in [1.29, 1.82) is 5.41 Å². The van der Waals surface area contributed by atoms with Crippen LogP contribution in [0.5, 0.6) is 0 Å². The van der Waals surface area contributed by atoms with Crippen LogP contribution >= 0.6 is 0 Å². The molecular formula is C15H21N7O4. The first kappa shape index (κ1) is 18.0. The molecule has 0 bridgehead atoms. The van der Waals surface area contributed by atoms with Crippen molar-refractivity contribution in [2.24, 2.45) is 11.7 Å². The van der Waals surface area contributed by atoms with Crippen LogP contribution in [0.15, 0.2) is 4.79 Å². The summed E-state index contributed by atoms with van der Waals surface area (Å²) in [5, 5.41) is 29.0. The number of ether oxygens (including phenoxy) is 1. The number of aryl methyl sites for hydroxylation is 1. The smallest absolute Gasteiger partial charge is 0.308 e. The van der Waals surface area contributed by atoms with Crippen LogP contribution in [0.3, 0.4) is 0 Å². The zero-order valence-electron chi connectivity index (χ0n) is 14.5. The Labute approximate surface area is 148 Å². The molecule has 3 rings (SSSR count). The summed E-state index contributed by atoms with van der Waals surface area (Å²) in [6.07, 6.45) is 1.09. The number of rotatable bonds is 5. The van der Waals surface area contributed by atoms with Gasteiger partial charge in [-0.1, -0.05) is 18.6 Å². The van der Waals surface area contributed by atoms with Crippen molar-refractivity contribution in [2.75, 3.05) is 0 Å². The number of aliphatic carboxylic acids is 1. The number of carbonyl (C=O) groups is 1. The lowest BCUT2D eigenvalue weighted by Gasteiger charge is -2.17. The maximum Gasteiger partial charge on any atom is 0.308 e. The normalized spacial score (nSPS) is 21.2. The number of carboxylic acid groups (broad SMARTS) is 1. The summed E-state index contributed by atoms with van der Waals surface area (Å²) in [4.78, 5) is 24.0. The SMILES string of the molecule is CCCc1nn(C(=N)N)c2c(=O)n(C3CCC(C(C)C(=O)O)O3)nnc12. The van der Waals surface area contributed by atoms with Crippen molar-refractivity contribution in [3.63, 3.8) is 0 Å². The molecule has 11 heteroatoms. The van der Waals surface area contributed by atoms with Gasteiger partial charge in [-0.05, 0) is 26.2 Å². The van der Waals surface area contributed by atoms with Gasteiger partial charge in [0.15, 0.2) is 11.7 Å². The third-order valence-corrected chi connectivity index (χ3v) is 4.55. The summed E-state index contributed by atoms with van der Waals surface area (Å²) < 4.78 is 7.85. The van der Waals surface area contributed by atoms with Crippen molar-refractivity contribution in [1.82, 2.24) is 24.8 Å². The fourth-order valence-electron chi connectivity index (χ4n) is 3.11. The van der Waals surface area contributed by atoms with Crippen molar-refractivity contribution in [3.8, 4) is 0 Å². The fourth-order valence-corrected chi connectivity index (χ4v) is 3.11. The topological polar surface area (TPSA) is 162 Å². The van der Waals surface area contributed by atoms with E-state index in [1.54, 1.807) is 6.92 Å². The number of fused-ring (bicyclic) bond motifs is 1. The van der Waals surface area contributed by atoms with Gasteiger partial charge < -0.3 is 15.6 Å². The zero-order chi connectivity index (χ0) is 19.0. The second kappa shape index (κ2) is 6.83. The molecule has 4 N–H and O–H groups in total. The van der Waals surface area contributed by atoms with Crippen molar-refractivity contribution in [3.05, 3.63) is 16.0 Å². The van der Waals surface area contributed by atoms with Gasteiger partial charge in [0.25, 0.3) is 5.56 Å². The lowest BCUT2D eigenvalue weighted by molar-refractivity contribution is -0.147. The number of hydrogen-bond donors (Lipinski definition) is 3. The van der Waals surface area contributed by atoms with E-state index in [-0.39, 0.29) is 5.52 Å². The molecule has 2 aromatic heterocycles. The summed E-state index contributed by atoms with van der Waals surface area (Å²) in [7, 11) is 0. The van der Waals surface area contributed by atoms with Crippen LogP contribution < -0.4 is 11.3 Å². The Bertz CT molecular complexity index is 919. The Kier molecular flexibility index (Phi) is 4.72. The van der Waals surface area contributed by atoms with Gasteiger partial charge in [-0.15, -0.1) is 5.10 Å². The highest BCUT2D eigenvalue weighted by Crippen LogP contribution is 2.31. The lowest BCUT2D eigenvalue weighted by Crippen LogP contribution is -2.33. The monoisotopic (exact) mass is 363 g/mol. The summed E-state index contributed by atoms with van der Waals surface area (Å²) in [6.45, 7) is 3.53. The van der Waals surface area contributed by atoms with Crippen molar-refractivity contribution >= 4 is 23.0 Å². The lowest BCUT2D eigenvalue weighted by atomic mass is 10.0. The van der Waals surface area contributed by atoms with Crippen LogP contribution in [0.2, 0.25) is 0 Å². The minimum absolute atomic E-state index is 0.0780. The number of nitrogen functional groups attached to an aromatic ring is 1. The van der Waals surface area contributed by atoms with E-state index in [4.69, 9.17) is 21.0 Å². The Morgan fingerprint density at radius 3 is 2.85 bits per heavy atom. The van der Waals surface area contributed by atoms with E-state index in [2.05, 4.69) is 15.4 Å². The van der Waals surface area contributed by atoms with Gasteiger partial charge in [-0.25, -0.2) is 0 Å². The molecular weight excluding hydrogens is 342 g/mol. The van der Waals surface area contributed by atoms with Gasteiger partial charge in [0.05, 0.1) is 17.7 Å². The molecule has 0 saturated carbocycles. The molecule has 11 nitrogen and oxygen atoms in total. The standard InChI is InChI=1S/C15H21N7O4/c1-3-4-8-11-12(22(19-8)15(16)17)13(23)21(20-18-11)10-6-5-9(26-10)7(2)14(24)25/h7,9-10H,3-6H2,1-2H3,(H3,16,17)(H,24,25). The largest absolute Gasteiger partial charge is 0.481 e. The van der Waals surface area contributed by atoms with E-state index < -0.39 is 35.7 Å². The molecule has 0 spiro atoms. The number of nitrogens with two attached hydrogens (primary N) is 1. The molecule has 140 valence electrons. The second-order valence-electron chi connectivity index (χ2n) is 6.36. The molecule has 3 atom stereocenters. The van der Waals surface area contributed by atoms with Gasteiger partial charge in [0, 0.05) is 0 Å². The van der Waals surface area contributed by atoms with E-state index in [1.165, 1.54) is 0 Å². The number of nitrogens with one attached hydrogen (secondary N) is 1. The molecule has 3 unspecified atom stereocenters. The highest BCUT2D eigenvalue weighted by atomic mass is 16.5. The quantitative estimate of drug-likeness (QED) is 0.497. The van der Waals surface area contributed by atoms with E-state index in [0.717, 1.165) is 15.8 Å². The predicted molar refractivity (Wildman–Crippen MR) is 90.8 cm³/mol. The molecule has 1 aliphatic heterocycles. The van der Waals surface area contributed by atoms with Gasteiger partial charge in [-0.3, -0.25) is 15.0 Å². The first-order valence-corrected chi connectivity index (χ1v) is 8.44. The average Bonchev–Trinajstić information content (AvgIpc) is 3.20. The van der Waals surface area contributed by atoms with Crippen molar-refractivity contribution < 1.29 is 14.6 Å². The van der Waals surface area contributed by atoms with E-state index in [0.29, 0.717) is 30.5 Å². The molecule has 0 aliphatic carbocycles. The summed E-state index contributed by atoms with van der Waals surface area (Å²) >= 11 is 0. The predicted octanol–water partition coefficient (Wildman–Crippen LogP) is 0.0804. The van der Waals surface area contributed by atoms with Crippen LogP contribution in [-0.4, -0.2) is 47.9 Å². The molecule has 1 saturated heterocycles. The molecule has 3 heterocycles. The first-order chi connectivity index (χ1) is 12.3. The molecule has 0 amide bonds. The first-order valence-electron chi connectivity index (χ1n) is 8.44. The Hall–Kier alpha value is -2.82. The van der Waals surface area contributed by atoms with Gasteiger partial charge in [0.2, 0.25) is 5.96 Å². The van der Waals surface area contributed by atoms with E-state index in [1.807, 2.05) is 6.92 Å². The highest BCUT2D eigenvalue weighted by Gasteiger charge is 2.35. The van der Waals surface area contributed by atoms with Crippen LogP contribution in [0.1, 0.15) is 45.0 Å². The molecule has 0 aromatic carbocycles. The minimum atomic E-state index is -0.955. The van der Waals surface area contributed by atoms with Gasteiger partial charge in [0.1, 0.15) is 5.52 Å². The third kappa shape index (κ3) is 2.94. The van der Waals surface area contributed by atoms with E-state index in [9.17, 15) is 9.59 Å². The van der Waals surface area contributed by atoms with E-state index >= 15 is 0 Å². The van der Waals surface area contributed by atoms with Crippen LogP contribution in [0, 0.1) is 11.3 Å². The number of aromatic nitrogens is 5. The van der Waals surface area contributed by atoms with Crippen molar-refractivity contribution in [2.45, 2.75) is 51.9 Å². The van der Waals surface area contributed by atoms with Crippen LogP contribution in [0.25, 0.3) is 11.0 Å². The molecule has 26 heavy (non-hydrogen) atoms. The highest BCUT2D eigenvalue weighted by molar-refractivity contribution is 5.89. The molecule has 2 aromatic rings. The summed E-state index contributed by atoms with van der Waals surface area (Å²) in [5.74, 6) is -2.03. The number of carboxylic acids is 1. The van der Waals surface area contributed by atoms with Crippen LogP contribution in [-0.2, 0) is 16.0 Å². The van der Waals surface area contributed by atoms with Gasteiger partial charge in [-0.2, -0.15) is 14.5 Å².